The van der Waals surface area contributed by atoms with Gasteiger partial charge < -0.3 is 11.1 Å². The highest BCUT2D eigenvalue weighted by molar-refractivity contribution is 9.10. The molecule has 5 heteroatoms. The van der Waals surface area contributed by atoms with Crippen molar-refractivity contribution in [2.24, 2.45) is 0 Å². The van der Waals surface area contributed by atoms with Gasteiger partial charge in [0.05, 0.1) is 15.8 Å². The first-order chi connectivity index (χ1) is 9.45. The van der Waals surface area contributed by atoms with Crippen molar-refractivity contribution in [3.63, 3.8) is 0 Å². The van der Waals surface area contributed by atoms with Crippen LogP contribution in [0.15, 0.2) is 40.9 Å². The predicted octanol–water partition coefficient (Wildman–Crippen LogP) is 4.35. The zero-order valence-corrected chi connectivity index (χ0v) is 12.5. The molecule has 1 atom stereocenters. The molecule has 0 spiro atoms. The summed E-state index contributed by atoms with van der Waals surface area (Å²) in [7, 11) is 0. The van der Waals surface area contributed by atoms with Crippen LogP contribution in [0.1, 0.15) is 12.5 Å². The van der Waals surface area contributed by atoms with Gasteiger partial charge in [-0.2, -0.15) is 0 Å². The van der Waals surface area contributed by atoms with Crippen LogP contribution in [0.3, 0.4) is 0 Å². The molecule has 106 valence electrons. The Morgan fingerprint density at radius 2 is 1.85 bits per heavy atom. The topological polar surface area (TPSA) is 38.0 Å². The number of benzene rings is 2. The number of anilines is 2. The van der Waals surface area contributed by atoms with E-state index >= 15 is 0 Å². The second-order valence-electron chi connectivity index (χ2n) is 4.73. The first kappa shape index (κ1) is 14.8. The maximum atomic E-state index is 13.5. The Morgan fingerprint density at radius 3 is 2.50 bits per heavy atom. The molecule has 0 aliphatic heterocycles. The van der Waals surface area contributed by atoms with Gasteiger partial charge in [0.15, 0.2) is 0 Å². The van der Waals surface area contributed by atoms with Gasteiger partial charge in [0.25, 0.3) is 0 Å². The highest BCUT2D eigenvalue weighted by Crippen LogP contribution is 2.27. The van der Waals surface area contributed by atoms with Gasteiger partial charge in [-0.15, -0.1) is 0 Å². The van der Waals surface area contributed by atoms with E-state index in [-0.39, 0.29) is 17.7 Å². The summed E-state index contributed by atoms with van der Waals surface area (Å²) in [5.41, 5.74) is 7.88. The third kappa shape index (κ3) is 3.70. The van der Waals surface area contributed by atoms with Crippen molar-refractivity contribution in [2.45, 2.75) is 19.4 Å². The molecule has 0 fully saturated rings. The average Bonchev–Trinajstić information content (AvgIpc) is 2.39. The normalized spacial score (nSPS) is 12.2. The first-order valence-corrected chi connectivity index (χ1v) is 7.00. The van der Waals surface area contributed by atoms with Gasteiger partial charge in [-0.3, -0.25) is 0 Å². The van der Waals surface area contributed by atoms with E-state index in [2.05, 4.69) is 21.2 Å². The summed E-state index contributed by atoms with van der Waals surface area (Å²) in [4.78, 5) is 0. The Balaban J connectivity index is 2.06. The molecule has 0 bridgehead atoms. The van der Waals surface area contributed by atoms with Gasteiger partial charge in [0.1, 0.15) is 11.6 Å². The molecular formula is C15H15BrF2N2. The SMILES string of the molecule is CC(Cc1ccc(F)cc1)Nc1cc(F)c(Br)cc1N. The lowest BCUT2D eigenvalue weighted by atomic mass is 10.1. The number of nitrogens with one attached hydrogen (secondary N) is 1. The predicted molar refractivity (Wildman–Crippen MR) is 81.7 cm³/mol. The summed E-state index contributed by atoms with van der Waals surface area (Å²) in [5, 5.41) is 3.16. The highest BCUT2D eigenvalue weighted by atomic mass is 79.9. The minimum absolute atomic E-state index is 0.0448. The lowest BCUT2D eigenvalue weighted by Crippen LogP contribution is -2.19. The molecule has 2 aromatic rings. The van der Waals surface area contributed by atoms with Crippen LogP contribution in [0.4, 0.5) is 20.2 Å². The summed E-state index contributed by atoms with van der Waals surface area (Å²) >= 11 is 3.09. The molecule has 2 rings (SSSR count). The monoisotopic (exact) mass is 340 g/mol. The number of hydrogen-bond donors (Lipinski definition) is 2. The van der Waals surface area contributed by atoms with Gasteiger partial charge in [-0.25, -0.2) is 8.78 Å². The Morgan fingerprint density at radius 1 is 1.20 bits per heavy atom. The first-order valence-electron chi connectivity index (χ1n) is 6.21. The molecule has 2 aromatic carbocycles. The fourth-order valence-electron chi connectivity index (χ4n) is 1.98. The fourth-order valence-corrected chi connectivity index (χ4v) is 2.34. The maximum absolute atomic E-state index is 13.5. The largest absolute Gasteiger partial charge is 0.397 e. The molecule has 3 N–H and O–H groups in total. The van der Waals surface area contributed by atoms with Crippen molar-refractivity contribution in [3.8, 4) is 0 Å². The molecule has 0 amide bonds. The maximum Gasteiger partial charge on any atom is 0.139 e. The van der Waals surface area contributed by atoms with Crippen molar-refractivity contribution in [2.75, 3.05) is 11.1 Å². The third-order valence-electron chi connectivity index (χ3n) is 2.95. The molecule has 0 saturated carbocycles. The van der Waals surface area contributed by atoms with E-state index in [9.17, 15) is 8.78 Å². The van der Waals surface area contributed by atoms with E-state index in [4.69, 9.17) is 5.73 Å². The molecule has 20 heavy (non-hydrogen) atoms. The summed E-state index contributed by atoms with van der Waals surface area (Å²) < 4.78 is 26.7. The van der Waals surface area contributed by atoms with Crippen LogP contribution < -0.4 is 11.1 Å². The van der Waals surface area contributed by atoms with E-state index in [1.54, 1.807) is 12.1 Å². The number of nitrogens with two attached hydrogens (primary N) is 1. The molecule has 0 radical (unpaired) electrons. The average molecular weight is 341 g/mol. The van der Waals surface area contributed by atoms with Crippen LogP contribution in [-0.4, -0.2) is 6.04 Å². The highest BCUT2D eigenvalue weighted by Gasteiger charge is 2.09. The van der Waals surface area contributed by atoms with Crippen molar-refractivity contribution < 1.29 is 8.78 Å². The molecule has 0 aromatic heterocycles. The van der Waals surface area contributed by atoms with Gasteiger partial charge in [0, 0.05) is 12.1 Å². The summed E-state index contributed by atoms with van der Waals surface area (Å²) in [6.45, 7) is 1.96. The number of hydrogen-bond acceptors (Lipinski definition) is 2. The second-order valence-corrected chi connectivity index (χ2v) is 5.58. The van der Waals surface area contributed by atoms with Crippen LogP contribution in [0.5, 0.6) is 0 Å². The Hall–Kier alpha value is -1.62. The van der Waals surface area contributed by atoms with E-state index < -0.39 is 0 Å². The minimum Gasteiger partial charge on any atom is -0.397 e. The zero-order chi connectivity index (χ0) is 14.7. The van der Waals surface area contributed by atoms with Gasteiger partial charge >= 0.3 is 0 Å². The molecule has 1 unspecified atom stereocenters. The van der Waals surface area contributed by atoms with Crippen LogP contribution in [-0.2, 0) is 6.42 Å². The lowest BCUT2D eigenvalue weighted by molar-refractivity contribution is 0.621. The third-order valence-corrected chi connectivity index (χ3v) is 3.56. The number of nitrogen functional groups attached to an aromatic ring is 1. The number of rotatable bonds is 4. The van der Waals surface area contributed by atoms with E-state index in [1.807, 2.05) is 6.92 Å². The Bertz CT molecular complexity index is 600. The Kier molecular flexibility index (Phi) is 4.60. The standard InChI is InChI=1S/C15H15BrF2N2/c1-9(6-10-2-4-11(17)5-3-10)20-15-8-13(18)12(16)7-14(15)19/h2-5,7-9,20H,6,19H2,1H3. The molecule has 2 nitrogen and oxygen atoms in total. The van der Waals surface area contributed by atoms with Crippen LogP contribution >= 0.6 is 15.9 Å². The van der Waals surface area contributed by atoms with Crippen molar-refractivity contribution >= 4 is 27.3 Å². The lowest BCUT2D eigenvalue weighted by Gasteiger charge is -2.17. The fraction of sp³-hybridized carbons (Fsp3) is 0.200. The van der Waals surface area contributed by atoms with Gasteiger partial charge in [0.2, 0.25) is 0 Å². The van der Waals surface area contributed by atoms with E-state index in [0.717, 1.165) is 5.56 Å². The van der Waals surface area contributed by atoms with Crippen molar-refractivity contribution in [1.29, 1.82) is 0 Å². The van der Waals surface area contributed by atoms with E-state index in [0.29, 0.717) is 22.3 Å². The van der Waals surface area contributed by atoms with E-state index in [1.165, 1.54) is 24.3 Å². The van der Waals surface area contributed by atoms with Crippen LogP contribution in [0.25, 0.3) is 0 Å². The minimum atomic E-state index is -0.365. The molecular weight excluding hydrogens is 326 g/mol. The Labute approximate surface area is 125 Å². The van der Waals surface area contributed by atoms with Crippen molar-refractivity contribution in [3.05, 3.63) is 58.1 Å². The van der Waals surface area contributed by atoms with Gasteiger partial charge in [-0.1, -0.05) is 12.1 Å². The van der Waals surface area contributed by atoms with Crippen LogP contribution in [0.2, 0.25) is 0 Å². The zero-order valence-electron chi connectivity index (χ0n) is 11.0. The summed E-state index contributed by atoms with van der Waals surface area (Å²) in [5.74, 6) is -0.621. The molecule has 0 heterocycles. The van der Waals surface area contributed by atoms with Crippen LogP contribution in [0, 0.1) is 11.6 Å². The summed E-state index contributed by atoms with van der Waals surface area (Å²) in [6.07, 6.45) is 0.692. The van der Waals surface area contributed by atoms with Crippen molar-refractivity contribution in [1.82, 2.24) is 0 Å². The summed E-state index contributed by atoms with van der Waals surface area (Å²) in [6, 6.07) is 9.26. The number of halogens is 3. The quantitative estimate of drug-likeness (QED) is 0.812. The molecule has 0 aliphatic carbocycles. The smallest absolute Gasteiger partial charge is 0.139 e. The second kappa shape index (κ2) is 6.22. The molecule has 0 saturated heterocycles. The van der Waals surface area contributed by atoms with Gasteiger partial charge in [-0.05, 0) is 53.0 Å². The molecule has 0 aliphatic rings.